The highest BCUT2D eigenvalue weighted by atomic mass is 35.5. The fraction of sp³-hybridized carbons (Fsp3) is 0.364. The van der Waals surface area contributed by atoms with Crippen LogP contribution >= 0.6 is 23.2 Å². The van der Waals surface area contributed by atoms with Crippen LogP contribution in [0.25, 0.3) is 0 Å². The van der Waals surface area contributed by atoms with Crippen molar-refractivity contribution < 1.29 is 9.59 Å². The number of halogens is 2. The predicted molar refractivity (Wildman–Crippen MR) is 115 cm³/mol. The molecule has 2 aromatic carbocycles. The van der Waals surface area contributed by atoms with E-state index in [9.17, 15) is 9.59 Å². The summed E-state index contributed by atoms with van der Waals surface area (Å²) in [6.45, 7) is 4.23. The lowest BCUT2D eigenvalue weighted by Crippen LogP contribution is -2.48. The molecule has 150 valence electrons. The van der Waals surface area contributed by atoms with E-state index in [0.717, 1.165) is 11.1 Å². The number of nitrogens with one attached hydrogen (secondary N) is 1. The molecule has 2 amide bonds. The van der Waals surface area contributed by atoms with Gasteiger partial charge in [0.1, 0.15) is 6.04 Å². The second-order valence-electron chi connectivity index (χ2n) is 6.79. The number of carbonyl (C=O) groups excluding carboxylic acids is 2. The lowest BCUT2D eigenvalue weighted by atomic mass is 10.1. The minimum absolute atomic E-state index is 0.0675. The Morgan fingerprint density at radius 2 is 1.68 bits per heavy atom. The maximum absolute atomic E-state index is 13.0. The Bertz CT molecular complexity index is 822. The van der Waals surface area contributed by atoms with Crippen LogP contribution in [0.1, 0.15) is 36.5 Å². The molecule has 0 radical (unpaired) electrons. The highest BCUT2D eigenvalue weighted by Gasteiger charge is 2.27. The van der Waals surface area contributed by atoms with Crippen LogP contribution in [0.4, 0.5) is 0 Å². The summed E-state index contributed by atoms with van der Waals surface area (Å²) in [7, 11) is 1.58. The summed E-state index contributed by atoms with van der Waals surface area (Å²) in [6.07, 6.45) is 1.48. The number of carbonyl (C=O) groups is 2. The summed E-state index contributed by atoms with van der Waals surface area (Å²) in [4.78, 5) is 27.0. The van der Waals surface area contributed by atoms with Gasteiger partial charge in [-0.3, -0.25) is 9.59 Å². The summed E-state index contributed by atoms with van der Waals surface area (Å²) in [5, 5.41) is 3.55. The summed E-state index contributed by atoms with van der Waals surface area (Å²) in [5.74, 6) is -0.242. The first-order valence-corrected chi connectivity index (χ1v) is 10.1. The van der Waals surface area contributed by atoms with Gasteiger partial charge in [-0.05, 0) is 43.0 Å². The smallest absolute Gasteiger partial charge is 0.242 e. The predicted octanol–water partition coefficient (Wildman–Crippen LogP) is 4.79. The van der Waals surface area contributed by atoms with E-state index < -0.39 is 6.04 Å². The molecule has 0 fully saturated rings. The van der Waals surface area contributed by atoms with Gasteiger partial charge in [-0.25, -0.2) is 0 Å². The largest absolute Gasteiger partial charge is 0.357 e. The third-order valence-electron chi connectivity index (χ3n) is 4.72. The van der Waals surface area contributed by atoms with Crippen molar-refractivity contribution in [3.63, 3.8) is 0 Å². The quantitative estimate of drug-likeness (QED) is 0.667. The SMILES string of the molecule is CC[C@@H](C(=O)NC)N(Cc1ccc(Cl)c(Cl)c1)C(=O)CCc1ccc(C)cc1. The van der Waals surface area contributed by atoms with E-state index in [2.05, 4.69) is 5.32 Å². The number of hydrogen-bond acceptors (Lipinski definition) is 2. The van der Waals surface area contributed by atoms with E-state index in [1.54, 1.807) is 24.1 Å². The average molecular weight is 421 g/mol. The van der Waals surface area contributed by atoms with E-state index in [1.165, 1.54) is 5.56 Å². The molecule has 0 aliphatic rings. The van der Waals surface area contributed by atoms with Gasteiger partial charge < -0.3 is 10.2 Å². The highest BCUT2D eigenvalue weighted by molar-refractivity contribution is 6.42. The van der Waals surface area contributed by atoms with Crippen molar-refractivity contribution in [3.8, 4) is 0 Å². The molecule has 0 saturated heterocycles. The zero-order valence-electron chi connectivity index (χ0n) is 16.5. The van der Waals surface area contributed by atoms with Gasteiger partial charge in [-0.15, -0.1) is 0 Å². The molecule has 2 aromatic rings. The van der Waals surface area contributed by atoms with E-state index in [4.69, 9.17) is 23.2 Å². The molecule has 4 nitrogen and oxygen atoms in total. The number of nitrogens with zero attached hydrogens (tertiary/aromatic N) is 1. The van der Waals surface area contributed by atoms with Crippen molar-refractivity contribution >= 4 is 35.0 Å². The summed E-state index contributed by atoms with van der Waals surface area (Å²) >= 11 is 12.1. The average Bonchev–Trinajstić information content (AvgIpc) is 2.69. The number of rotatable bonds is 8. The number of likely N-dealkylation sites (N-methyl/N-ethyl adjacent to an activating group) is 1. The number of amides is 2. The van der Waals surface area contributed by atoms with Crippen molar-refractivity contribution in [1.29, 1.82) is 0 Å². The van der Waals surface area contributed by atoms with Crippen molar-refractivity contribution in [2.45, 2.75) is 45.7 Å². The van der Waals surface area contributed by atoms with Gasteiger partial charge in [0.05, 0.1) is 10.0 Å². The van der Waals surface area contributed by atoms with Crippen molar-refractivity contribution in [1.82, 2.24) is 10.2 Å². The first-order valence-electron chi connectivity index (χ1n) is 9.36. The molecule has 1 N–H and O–H groups in total. The standard InChI is InChI=1S/C22H26Cl2N2O2/c1-4-20(22(28)25-3)26(14-17-9-11-18(23)19(24)13-17)21(27)12-10-16-7-5-15(2)6-8-16/h5-9,11,13,20H,4,10,12,14H2,1-3H3,(H,25,28)/t20-/m0/s1. The van der Waals surface area contributed by atoms with Crippen LogP contribution in [-0.4, -0.2) is 29.8 Å². The number of hydrogen-bond donors (Lipinski definition) is 1. The van der Waals surface area contributed by atoms with Crippen LogP contribution in [0.3, 0.4) is 0 Å². The molecule has 0 saturated carbocycles. The first-order chi connectivity index (χ1) is 13.3. The molecule has 0 aliphatic heterocycles. The van der Waals surface area contributed by atoms with Crippen LogP contribution in [0.2, 0.25) is 10.0 Å². The van der Waals surface area contributed by atoms with E-state index in [0.29, 0.717) is 35.9 Å². The van der Waals surface area contributed by atoms with Gasteiger partial charge in [0, 0.05) is 20.0 Å². The second kappa shape index (κ2) is 10.5. The zero-order chi connectivity index (χ0) is 20.7. The molecule has 0 spiro atoms. The van der Waals surface area contributed by atoms with Gasteiger partial charge in [0.25, 0.3) is 0 Å². The van der Waals surface area contributed by atoms with Crippen LogP contribution in [0.5, 0.6) is 0 Å². The Balaban J connectivity index is 2.20. The molecular formula is C22H26Cl2N2O2. The Kier molecular flexibility index (Phi) is 8.34. The molecule has 0 bridgehead atoms. The van der Waals surface area contributed by atoms with Gasteiger partial charge >= 0.3 is 0 Å². The zero-order valence-corrected chi connectivity index (χ0v) is 18.0. The molecular weight excluding hydrogens is 395 g/mol. The van der Waals surface area contributed by atoms with Gasteiger partial charge in [0.2, 0.25) is 11.8 Å². The normalized spacial score (nSPS) is 11.8. The minimum Gasteiger partial charge on any atom is -0.357 e. The van der Waals surface area contributed by atoms with E-state index in [1.807, 2.05) is 44.2 Å². The monoisotopic (exact) mass is 420 g/mol. The minimum atomic E-state index is -0.537. The van der Waals surface area contributed by atoms with Crippen molar-refractivity contribution in [2.75, 3.05) is 7.05 Å². The number of benzene rings is 2. The summed E-state index contributed by atoms with van der Waals surface area (Å²) < 4.78 is 0. The van der Waals surface area contributed by atoms with E-state index >= 15 is 0 Å². The van der Waals surface area contributed by atoms with Crippen molar-refractivity contribution in [3.05, 3.63) is 69.2 Å². The fourth-order valence-corrected chi connectivity index (χ4v) is 3.39. The van der Waals surface area contributed by atoms with Gasteiger partial charge in [-0.1, -0.05) is 66.0 Å². The highest BCUT2D eigenvalue weighted by Crippen LogP contribution is 2.24. The van der Waals surface area contributed by atoms with Crippen LogP contribution < -0.4 is 5.32 Å². The fourth-order valence-electron chi connectivity index (χ4n) is 3.07. The summed E-state index contributed by atoms with van der Waals surface area (Å²) in [6, 6.07) is 12.9. The molecule has 1 atom stereocenters. The van der Waals surface area contributed by atoms with Crippen LogP contribution in [-0.2, 0) is 22.6 Å². The topological polar surface area (TPSA) is 49.4 Å². The third kappa shape index (κ3) is 5.98. The van der Waals surface area contributed by atoms with Crippen LogP contribution in [0, 0.1) is 6.92 Å². The van der Waals surface area contributed by atoms with Crippen molar-refractivity contribution in [2.24, 2.45) is 0 Å². The molecule has 28 heavy (non-hydrogen) atoms. The number of aryl methyl sites for hydroxylation is 2. The Morgan fingerprint density at radius 3 is 2.25 bits per heavy atom. The molecule has 6 heteroatoms. The maximum atomic E-state index is 13.0. The molecule has 0 aliphatic carbocycles. The first kappa shape index (κ1) is 22.3. The third-order valence-corrected chi connectivity index (χ3v) is 5.46. The molecule has 2 rings (SSSR count). The molecule has 0 unspecified atom stereocenters. The van der Waals surface area contributed by atoms with Gasteiger partial charge in [0.15, 0.2) is 0 Å². The van der Waals surface area contributed by atoms with E-state index in [-0.39, 0.29) is 11.8 Å². The molecule has 0 aromatic heterocycles. The lowest BCUT2D eigenvalue weighted by Gasteiger charge is -2.30. The Hall–Kier alpha value is -2.04. The van der Waals surface area contributed by atoms with Crippen LogP contribution in [0.15, 0.2) is 42.5 Å². The van der Waals surface area contributed by atoms with Gasteiger partial charge in [-0.2, -0.15) is 0 Å². The summed E-state index contributed by atoms with van der Waals surface area (Å²) in [5.41, 5.74) is 3.11. The maximum Gasteiger partial charge on any atom is 0.242 e. The Morgan fingerprint density at radius 1 is 1.04 bits per heavy atom. The Labute approximate surface area is 176 Å². The lowest BCUT2D eigenvalue weighted by molar-refractivity contribution is -0.141. The second-order valence-corrected chi connectivity index (χ2v) is 7.61. The molecule has 0 heterocycles.